The predicted octanol–water partition coefficient (Wildman–Crippen LogP) is 3.42. The number of hydrogen-bond donors (Lipinski definition) is 2. The minimum atomic E-state index is -0.384. The van der Waals surface area contributed by atoms with E-state index in [-0.39, 0.29) is 16.7 Å². The second-order valence-electron chi connectivity index (χ2n) is 5.76. The Morgan fingerprint density at radius 1 is 1.29 bits per heavy atom. The molecule has 1 heterocycles. The van der Waals surface area contributed by atoms with Gasteiger partial charge in [-0.1, -0.05) is 23.4 Å². The molecule has 0 saturated carbocycles. The van der Waals surface area contributed by atoms with E-state index in [1.807, 2.05) is 0 Å². The van der Waals surface area contributed by atoms with Crippen molar-refractivity contribution in [2.75, 3.05) is 5.32 Å². The third kappa shape index (κ3) is 3.99. The van der Waals surface area contributed by atoms with Gasteiger partial charge in [0.15, 0.2) is 5.16 Å². The van der Waals surface area contributed by atoms with E-state index in [1.165, 1.54) is 11.8 Å². The summed E-state index contributed by atoms with van der Waals surface area (Å²) in [5.41, 5.74) is 2.28. The molecular weight excluding hydrogens is 346 g/mol. The van der Waals surface area contributed by atoms with Crippen molar-refractivity contribution in [3.05, 3.63) is 50.9 Å². The van der Waals surface area contributed by atoms with Crippen LogP contribution in [0.1, 0.15) is 31.0 Å². The molecule has 1 amide bonds. The highest BCUT2D eigenvalue weighted by atomic mass is 35.5. The summed E-state index contributed by atoms with van der Waals surface area (Å²) in [4.78, 5) is 31.7. The van der Waals surface area contributed by atoms with E-state index >= 15 is 0 Å². The summed E-state index contributed by atoms with van der Waals surface area (Å²) < 4.78 is 0. The second-order valence-corrected chi connectivity index (χ2v) is 7.53. The molecule has 0 radical (unpaired) electrons. The van der Waals surface area contributed by atoms with Crippen LogP contribution in [0.3, 0.4) is 0 Å². The van der Waals surface area contributed by atoms with Crippen LogP contribution in [0, 0.1) is 0 Å². The number of nitrogens with one attached hydrogen (secondary N) is 2. The van der Waals surface area contributed by atoms with Gasteiger partial charge in [0.05, 0.1) is 10.9 Å². The van der Waals surface area contributed by atoms with Crippen LogP contribution in [-0.4, -0.2) is 21.1 Å². The minimum absolute atomic E-state index is 0.0764. The number of nitrogens with zero attached hydrogens (tertiary/aromatic N) is 1. The van der Waals surface area contributed by atoms with E-state index in [0.29, 0.717) is 15.9 Å². The molecule has 7 heteroatoms. The first-order valence-corrected chi connectivity index (χ1v) is 9.14. The van der Waals surface area contributed by atoms with Crippen molar-refractivity contribution in [1.29, 1.82) is 0 Å². The number of carbonyl (C=O) groups excluding carboxylic acids is 1. The first-order chi connectivity index (χ1) is 11.5. The third-order valence-corrected chi connectivity index (χ3v) is 5.18. The van der Waals surface area contributed by atoms with Crippen LogP contribution in [0.4, 0.5) is 5.69 Å². The van der Waals surface area contributed by atoms with Crippen LogP contribution in [0.2, 0.25) is 5.02 Å². The zero-order chi connectivity index (χ0) is 17.1. The van der Waals surface area contributed by atoms with E-state index in [1.54, 1.807) is 31.2 Å². The van der Waals surface area contributed by atoms with Crippen molar-refractivity contribution in [3.8, 4) is 0 Å². The number of aryl methyl sites for hydroxylation is 1. The van der Waals surface area contributed by atoms with E-state index in [0.717, 1.165) is 36.9 Å². The summed E-state index contributed by atoms with van der Waals surface area (Å²) in [7, 11) is 0. The molecule has 0 bridgehead atoms. The first-order valence-electron chi connectivity index (χ1n) is 7.88. The molecule has 24 heavy (non-hydrogen) atoms. The van der Waals surface area contributed by atoms with Gasteiger partial charge in [-0.25, -0.2) is 4.98 Å². The highest BCUT2D eigenvalue weighted by molar-refractivity contribution is 8.00. The third-order valence-electron chi connectivity index (χ3n) is 3.94. The maximum Gasteiger partial charge on any atom is 0.254 e. The largest absolute Gasteiger partial charge is 0.325 e. The van der Waals surface area contributed by atoms with E-state index in [2.05, 4.69) is 15.3 Å². The van der Waals surface area contributed by atoms with Gasteiger partial charge in [-0.3, -0.25) is 9.59 Å². The van der Waals surface area contributed by atoms with Gasteiger partial charge in [0.2, 0.25) is 5.91 Å². The quantitative estimate of drug-likeness (QED) is 0.644. The van der Waals surface area contributed by atoms with Crippen LogP contribution >= 0.6 is 23.4 Å². The van der Waals surface area contributed by atoms with Crippen LogP contribution in [-0.2, 0) is 17.6 Å². The predicted molar refractivity (Wildman–Crippen MR) is 96.9 cm³/mol. The van der Waals surface area contributed by atoms with Crippen LogP contribution in [0.25, 0.3) is 0 Å². The summed E-state index contributed by atoms with van der Waals surface area (Å²) in [6.07, 6.45) is 3.71. The zero-order valence-corrected chi connectivity index (χ0v) is 14.8. The fourth-order valence-electron chi connectivity index (χ4n) is 2.63. The molecule has 1 aromatic carbocycles. The Hall–Kier alpha value is -1.79. The molecular formula is C17H18ClN3O2S. The topological polar surface area (TPSA) is 74.8 Å². The van der Waals surface area contributed by atoms with Gasteiger partial charge in [-0.15, -0.1) is 0 Å². The number of thioether (sulfide) groups is 1. The monoisotopic (exact) mass is 363 g/mol. The zero-order valence-electron chi connectivity index (χ0n) is 13.3. The van der Waals surface area contributed by atoms with Crippen molar-refractivity contribution >= 4 is 35.0 Å². The average molecular weight is 364 g/mol. The Morgan fingerprint density at radius 2 is 2.00 bits per heavy atom. The van der Waals surface area contributed by atoms with Crippen molar-refractivity contribution in [2.24, 2.45) is 0 Å². The number of hydrogen-bond acceptors (Lipinski definition) is 4. The fraction of sp³-hybridized carbons (Fsp3) is 0.353. The van der Waals surface area contributed by atoms with Gasteiger partial charge in [0.1, 0.15) is 0 Å². The van der Waals surface area contributed by atoms with Gasteiger partial charge in [-0.05, 0) is 56.9 Å². The molecule has 0 fully saturated rings. The fourth-order valence-corrected chi connectivity index (χ4v) is 3.58. The maximum atomic E-state index is 12.3. The lowest BCUT2D eigenvalue weighted by molar-refractivity contribution is -0.115. The lowest BCUT2D eigenvalue weighted by Crippen LogP contribution is -2.25. The summed E-state index contributed by atoms with van der Waals surface area (Å²) in [5.74, 6) is -0.150. The number of benzene rings is 1. The van der Waals surface area contributed by atoms with Crippen LogP contribution < -0.4 is 10.9 Å². The molecule has 3 rings (SSSR count). The first kappa shape index (κ1) is 17.0. The van der Waals surface area contributed by atoms with Crippen LogP contribution in [0.15, 0.2) is 34.2 Å². The molecule has 126 valence electrons. The number of H-pyrrole nitrogens is 1. The Morgan fingerprint density at radius 3 is 2.75 bits per heavy atom. The normalized spacial score (nSPS) is 14.8. The van der Waals surface area contributed by atoms with E-state index in [9.17, 15) is 9.59 Å². The molecule has 0 saturated heterocycles. The Kier molecular flexibility index (Phi) is 5.26. The van der Waals surface area contributed by atoms with Crippen molar-refractivity contribution in [3.63, 3.8) is 0 Å². The molecule has 1 atom stereocenters. The lowest BCUT2D eigenvalue weighted by atomic mass is 9.97. The molecule has 1 aromatic heterocycles. The van der Waals surface area contributed by atoms with Gasteiger partial charge in [0.25, 0.3) is 5.56 Å². The summed E-state index contributed by atoms with van der Waals surface area (Å²) >= 11 is 7.09. The molecule has 5 nitrogen and oxygen atoms in total. The number of amides is 1. The highest BCUT2D eigenvalue weighted by Crippen LogP contribution is 2.23. The number of aromatic nitrogens is 2. The van der Waals surface area contributed by atoms with Gasteiger partial charge in [-0.2, -0.15) is 0 Å². The average Bonchev–Trinajstić information content (AvgIpc) is 2.57. The molecule has 0 spiro atoms. The number of fused-ring (bicyclic) bond motifs is 1. The summed E-state index contributed by atoms with van der Waals surface area (Å²) in [5, 5.41) is 3.56. The number of aromatic amines is 1. The Bertz CT molecular complexity index is 804. The van der Waals surface area contributed by atoms with Crippen molar-refractivity contribution < 1.29 is 4.79 Å². The number of carbonyl (C=O) groups is 1. The molecule has 0 aliphatic heterocycles. The van der Waals surface area contributed by atoms with Crippen molar-refractivity contribution in [2.45, 2.75) is 43.0 Å². The van der Waals surface area contributed by atoms with Gasteiger partial charge >= 0.3 is 0 Å². The molecule has 1 unspecified atom stereocenters. The van der Waals surface area contributed by atoms with E-state index in [4.69, 9.17) is 11.6 Å². The van der Waals surface area contributed by atoms with E-state index < -0.39 is 0 Å². The molecule has 2 aromatic rings. The minimum Gasteiger partial charge on any atom is -0.325 e. The van der Waals surface area contributed by atoms with Gasteiger partial charge in [0, 0.05) is 16.3 Å². The maximum absolute atomic E-state index is 12.3. The van der Waals surface area contributed by atoms with Gasteiger partial charge < -0.3 is 10.3 Å². The summed E-state index contributed by atoms with van der Waals surface area (Å²) in [6.45, 7) is 1.79. The SMILES string of the molecule is CC(Sc1nc2c(c(=O)[nH]1)CCCC2)C(=O)Nc1ccc(Cl)cc1. The molecule has 1 aliphatic rings. The second kappa shape index (κ2) is 7.40. The Labute approximate surface area is 149 Å². The number of anilines is 1. The standard InChI is InChI=1S/C17H18ClN3O2S/c1-10(15(22)19-12-8-6-11(18)7-9-12)24-17-20-14-5-3-2-4-13(14)16(23)21-17/h6-10H,2-5H2,1H3,(H,19,22)(H,20,21,23). The van der Waals surface area contributed by atoms with Crippen molar-refractivity contribution in [1.82, 2.24) is 9.97 Å². The lowest BCUT2D eigenvalue weighted by Gasteiger charge is -2.16. The Balaban J connectivity index is 1.69. The van der Waals surface area contributed by atoms with Crippen LogP contribution in [0.5, 0.6) is 0 Å². The highest BCUT2D eigenvalue weighted by Gasteiger charge is 2.19. The number of rotatable bonds is 4. The summed E-state index contributed by atoms with van der Waals surface area (Å²) in [6, 6.07) is 6.93. The smallest absolute Gasteiger partial charge is 0.254 e. The number of halogens is 1. The molecule has 2 N–H and O–H groups in total. The molecule has 1 aliphatic carbocycles.